The van der Waals surface area contributed by atoms with Crippen molar-refractivity contribution in [3.05, 3.63) is 79.4 Å². The van der Waals surface area contributed by atoms with Crippen LogP contribution in [0.15, 0.2) is 57.0 Å². The molecule has 0 saturated heterocycles. The molecule has 3 aromatic heterocycles. The number of rotatable bonds is 4. The first-order valence-electron chi connectivity index (χ1n) is 9.51. The SMILES string of the molecule is O=c1c2c3c(sc2ncn1N=Cc1ccc(-c2ccc([N+](=O)[O-])cc2)o1)CCCC3. The summed E-state index contributed by atoms with van der Waals surface area (Å²) in [5, 5.41) is 15.7. The summed E-state index contributed by atoms with van der Waals surface area (Å²) in [5.41, 5.74) is 1.69. The van der Waals surface area contributed by atoms with Crippen molar-refractivity contribution in [2.45, 2.75) is 25.7 Å². The number of furan rings is 1. The number of nitrogens with zero attached hydrogens (tertiary/aromatic N) is 4. The molecule has 4 aromatic rings. The number of hydrogen-bond donors (Lipinski definition) is 0. The lowest BCUT2D eigenvalue weighted by Crippen LogP contribution is -2.17. The van der Waals surface area contributed by atoms with Crippen LogP contribution >= 0.6 is 11.3 Å². The Morgan fingerprint density at radius 3 is 2.77 bits per heavy atom. The van der Waals surface area contributed by atoms with Crippen molar-refractivity contribution in [1.82, 2.24) is 9.66 Å². The van der Waals surface area contributed by atoms with E-state index in [9.17, 15) is 14.9 Å². The maximum absolute atomic E-state index is 12.9. The van der Waals surface area contributed by atoms with Crippen molar-refractivity contribution >= 4 is 33.5 Å². The van der Waals surface area contributed by atoms with Crippen molar-refractivity contribution in [3.63, 3.8) is 0 Å². The maximum Gasteiger partial charge on any atom is 0.282 e. The number of aryl methyl sites for hydroxylation is 2. The molecule has 30 heavy (non-hydrogen) atoms. The molecule has 9 heteroatoms. The van der Waals surface area contributed by atoms with E-state index in [4.69, 9.17) is 4.42 Å². The molecule has 0 aliphatic heterocycles. The van der Waals surface area contributed by atoms with Gasteiger partial charge < -0.3 is 4.42 Å². The fraction of sp³-hybridized carbons (Fsp3) is 0.190. The van der Waals surface area contributed by atoms with Gasteiger partial charge in [0.1, 0.15) is 22.7 Å². The third kappa shape index (κ3) is 3.22. The summed E-state index contributed by atoms with van der Waals surface area (Å²) in [4.78, 5) is 29.7. The van der Waals surface area contributed by atoms with E-state index in [-0.39, 0.29) is 11.2 Å². The van der Waals surface area contributed by atoms with Crippen LogP contribution in [0.4, 0.5) is 5.69 Å². The first-order chi connectivity index (χ1) is 14.6. The summed E-state index contributed by atoms with van der Waals surface area (Å²) in [6.45, 7) is 0. The molecule has 0 fully saturated rings. The highest BCUT2D eigenvalue weighted by molar-refractivity contribution is 7.18. The van der Waals surface area contributed by atoms with Crippen LogP contribution in [-0.2, 0) is 12.8 Å². The minimum Gasteiger partial charge on any atom is -0.455 e. The van der Waals surface area contributed by atoms with Crippen molar-refractivity contribution in [2.75, 3.05) is 0 Å². The van der Waals surface area contributed by atoms with E-state index in [0.29, 0.717) is 22.5 Å². The summed E-state index contributed by atoms with van der Waals surface area (Å²) in [5.74, 6) is 1.02. The molecule has 1 aromatic carbocycles. The average molecular weight is 420 g/mol. The summed E-state index contributed by atoms with van der Waals surface area (Å²) < 4.78 is 6.98. The van der Waals surface area contributed by atoms with Gasteiger partial charge in [-0.3, -0.25) is 14.9 Å². The standard InChI is InChI=1S/C21H16N4O4S/c26-21-19-16-3-1-2-4-18(16)30-20(19)22-12-24(21)23-11-15-9-10-17(29-15)13-5-7-14(8-6-13)25(27)28/h5-12H,1-4H2. The highest BCUT2D eigenvalue weighted by Crippen LogP contribution is 2.33. The van der Waals surface area contributed by atoms with Crippen LogP contribution in [0.3, 0.4) is 0 Å². The molecular formula is C21H16N4O4S. The summed E-state index contributed by atoms with van der Waals surface area (Å²) in [6, 6.07) is 9.58. The molecule has 0 radical (unpaired) electrons. The first-order valence-corrected chi connectivity index (χ1v) is 10.3. The Kier molecular flexibility index (Phi) is 4.51. The maximum atomic E-state index is 12.9. The summed E-state index contributed by atoms with van der Waals surface area (Å²) in [7, 11) is 0. The van der Waals surface area contributed by atoms with E-state index >= 15 is 0 Å². The van der Waals surface area contributed by atoms with Crippen LogP contribution in [0, 0.1) is 10.1 Å². The van der Waals surface area contributed by atoms with Gasteiger partial charge in [-0.25, -0.2) is 4.98 Å². The third-order valence-corrected chi connectivity index (χ3v) is 6.36. The van der Waals surface area contributed by atoms with Crippen LogP contribution in [-0.4, -0.2) is 20.8 Å². The van der Waals surface area contributed by atoms with Gasteiger partial charge in [-0.05, 0) is 55.5 Å². The van der Waals surface area contributed by atoms with Crippen LogP contribution in [0.25, 0.3) is 21.5 Å². The largest absolute Gasteiger partial charge is 0.455 e. The van der Waals surface area contributed by atoms with E-state index < -0.39 is 4.92 Å². The summed E-state index contributed by atoms with van der Waals surface area (Å²) >= 11 is 1.60. The first kappa shape index (κ1) is 18.4. The Morgan fingerprint density at radius 1 is 1.17 bits per heavy atom. The van der Waals surface area contributed by atoms with E-state index in [2.05, 4.69) is 10.1 Å². The number of thiophene rings is 1. The van der Waals surface area contributed by atoms with Gasteiger partial charge in [-0.1, -0.05) is 0 Å². The number of nitro groups is 1. The van der Waals surface area contributed by atoms with Gasteiger partial charge in [0, 0.05) is 22.6 Å². The van der Waals surface area contributed by atoms with Crippen LogP contribution in [0.2, 0.25) is 0 Å². The van der Waals surface area contributed by atoms with Gasteiger partial charge in [-0.2, -0.15) is 9.78 Å². The Hall–Kier alpha value is -3.59. The lowest BCUT2D eigenvalue weighted by Gasteiger charge is -2.09. The number of benzene rings is 1. The third-order valence-electron chi connectivity index (χ3n) is 5.16. The molecule has 8 nitrogen and oxygen atoms in total. The molecule has 0 unspecified atom stereocenters. The quantitative estimate of drug-likeness (QED) is 0.277. The fourth-order valence-electron chi connectivity index (χ4n) is 3.66. The second kappa shape index (κ2) is 7.34. The molecule has 5 rings (SSSR count). The van der Waals surface area contributed by atoms with Crippen molar-refractivity contribution < 1.29 is 9.34 Å². The molecule has 150 valence electrons. The van der Waals surface area contributed by atoms with Crippen molar-refractivity contribution in [1.29, 1.82) is 0 Å². The predicted octanol–water partition coefficient (Wildman–Crippen LogP) is 4.39. The topological polar surface area (TPSA) is 104 Å². The Morgan fingerprint density at radius 2 is 1.97 bits per heavy atom. The highest BCUT2D eigenvalue weighted by Gasteiger charge is 2.19. The Bertz CT molecular complexity index is 1350. The zero-order chi connectivity index (χ0) is 20.7. The molecule has 0 spiro atoms. The van der Waals surface area contributed by atoms with Gasteiger partial charge >= 0.3 is 0 Å². The van der Waals surface area contributed by atoms with E-state index in [0.717, 1.165) is 36.1 Å². The molecule has 0 N–H and O–H groups in total. The van der Waals surface area contributed by atoms with Gasteiger partial charge in [0.15, 0.2) is 0 Å². The van der Waals surface area contributed by atoms with Crippen LogP contribution in [0.5, 0.6) is 0 Å². The van der Waals surface area contributed by atoms with Crippen molar-refractivity contribution in [3.8, 4) is 11.3 Å². The molecule has 1 aliphatic rings. The molecule has 0 bridgehead atoms. The Labute approximate surface area is 174 Å². The number of non-ortho nitro benzene ring substituents is 1. The van der Waals surface area contributed by atoms with E-state index in [1.807, 2.05) is 0 Å². The molecular weight excluding hydrogens is 404 g/mol. The monoisotopic (exact) mass is 420 g/mol. The molecule has 0 amide bonds. The fourth-order valence-corrected chi connectivity index (χ4v) is 4.88. The molecule has 0 saturated carbocycles. The van der Waals surface area contributed by atoms with Gasteiger partial charge in [-0.15, -0.1) is 11.3 Å². The lowest BCUT2D eigenvalue weighted by atomic mass is 9.97. The second-order valence-corrected chi connectivity index (χ2v) is 8.12. The van der Waals surface area contributed by atoms with E-state index in [1.165, 1.54) is 34.2 Å². The Balaban J connectivity index is 1.43. The average Bonchev–Trinajstić information content (AvgIpc) is 3.38. The number of hydrogen-bond acceptors (Lipinski definition) is 7. The lowest BCUT2D eigenvalue weighted by molar-refractivity contribution is -0.384. The number of nitro benzene ring substituents is 1. The highest BCUT2D eigenvalue weighted by atomic mass is 32.1. The minimum absolute atomic E-state index is 0.0185. The van der Waals surface area contributed by atoms with Gasteiger partial charge in [0.05, 0.1) is 16.5 Å². The minimum atomic E-state index is -0.447. The number of aromatic nitrogens is 2. The van der Waals surface area contributed by atoms with Gasteiger partial charge in [0.2, 0.25) is 0 Å². The van der Waals surface area contributed by atoms with Gasteiger partial charge in [0.25, 0.3) is 11.2 Å². The number of fused-ring (bicyclic) bond motifs is 3. The van der Waals surface area contributed by atoms with E-state index in [1.54, 1.807) is 35.6 Å². The van der Waals surface area contributed by atoms with Crippen LogP contribution < -0.4 is 5.56 Å². The normalized spacial score (nSPS) is 13.7. The predicted molar refractivity (Wildman–Crippen MR) is 114 cm³/mol. The second-order valence-electron chi connectivity index (χ2n) is 7.04. The summed E-state index contributed by atoms with van der Waals surface area (Å²) in [6.07, 6.45) is 7.07. The molecule has 1 aliphatic carbocycles. The zero-order valence-electron chi connectivity index (χ0n) is 15.8. The molecule has 0 atom stereocenters. The zero-order valence-corrected chi connectivity index (χ0v) is 16.6. The van der Waals surface area contributed by atoms with Crippen LogP contribution in [0.1, 0.15) is 29.0 Å². The smallest absolute Gasteiger partial charge is 0.282 e. The van der Waals surface area contributed by atoms with Crippen molar-refractivity contribution in [2.24, 2.45) is 5.10 Å². The molecule has 3 heterocycles.